The van der Waals surface area contributed by atoms with E-state index in [0.29, 0.717) is 19.0 Å². The van der Waals surface area contributed by atoms with Gasteiger partial charge in [0.05, 0.1) is 17.5 Å². The third kappa shape index (κ3) is 1.94. The van der Waals surface area contributed by atoms with E-state index >= 15 is 0 Å². The molecule has 0 radical (unpaired) electrons. The third-order valence-electron chi connectivity index (χ3n) is 2.31. The summed E-state index contributed by atoms with van der Waals surface area (Å²) in [5, 5.41) is 5.37. The van der Waals surface area contributed by atoms with Crippen LogP contribution in [0.4, 0.5) is 0 Å². The molecule has 80 valence electrons. The average Bonchev–Trinajstić information content (AvgIpc) is 2.58. The summed E-state index contributed by atoms with van der Waals surface area (Å²) in [6, 6.07) is 8.02. The second-order valence-electron chi connectivity index (χ2n) is 3.44. The Balaban J connectivity index is 2.27. The molecular weight excluding hydrogens is 190 g/mol. The smallest absolute Gasteiger partial charge is 0.240 e. The van der Waals surface area contributed by atoms with Crippen molar-refractivity contribution in [1.29, 1.82) is 0 Å². The van der Waals surface area contributed by atoms with Gasteiger partial charge in [-0.2, -0.15) is 0 Å². The molecule has 15 heavy (non-hydrogen) atoms. The van der Waals surface area contributed by atoms with Crippen LogP contribution in [0.25, 0.3) is 10.9 Å². The maximum Gasteiger partial charge on any atom is 0.240 e. The standard InChI is InChI=1S/C11H15N3O/c1-14-10-6-3-2-5-9(10)11(13-14)15-8-4-7-12/h2-3,5-6H,4,7-8,12H2,1H3. The van der Waals surface area contributed by atoms with Gasteiger partial charge in [-0.15, -0.1) is 5.10 Å². The normalized spacial score (nSPS) is 10.8. The molecule has 4 heteroatoms. The maximum absolute atomic E-state index is 5.57. The number of hydrogen-bond acceptors (Lipinski definition) is 3. The van der Waals surface area contributed by atoms with E-state index in [9.17, 15) is 0 Å². The lowest BCUT2D eigenvalue weighted by molar-refractivity contribution is 0.301. The summed E-state index contributed by atoms with van der Waals surface area (Å²) >= 11 is 0. The zero-order chi connectivity index (χ0) is 10.7. The van der Waals surface area contributed by atoms with Gasteiger partial charge in [0.15, 0.2) is 0 Å². The van der Waals surface area contributed by atoms with Crippen molar-refractivity contribution in [2.45, 2.75) is 6.42 Å². The fourth-order valence-corrected chi connectivity index (χ4v) is 1.54. The summed E-state index contributed by atoms with van der Waals surface area (Å²) in [5.74, 6) is 0.696. The molecule has 1 aromatic carbocycles. The largest absolute Gasteiger partial charge is 0.476 e. The van der Waals surface area contributed by atoms with E-state index in [1.165, 1.54) is 0 Å². The molecule has 0 saturated carbocycles. The first-order valence-corrected chi connectivity index (χ1v) is 5.07. The Labute approximate surface area is 88.6 Å². The molecule has 0 fully saturated rings. The molecule has 0 unspecified atom stereocenters. The monoisotopic (exact) mass is 205 g/mol. The van der Waals surface area contributed by atoms with Crippen molar-refractivity contribution in [3.63, 3.8) is 0 Å². The molecule has 0 spiro atoms. The highest BCUT2D eigenvalue weighted by atomic mass is 16.5. The number of fused-ring (bicyclic) bond motifs is 1. The molecule has 2 aromatic rings. The van der Waals surface area contributed by atoms with Gasteiger partial charge in [-0.05, 0) is 25.1 Å². The molecule has 0 saturated heterocycles. The van der Waals surface area contributed by atoms with Crippen molar-refractivity contribution in [3.8, 4) is 5.88 Å². The number of aromatic nitrogens is 2. The molecule has 1 aromatic heterocycles. The van der Waals surface area contributed by atoms with E-state index in [0.717, 1.165) is 17.3 Å². The van der Waals surface area contributed by atoms with Gasteiger partial charge in [0.25, 0.3) is 0 Å². The number of ether oxygens (including phenoxy) is 1. The number of para-hydroxylation sites is 1. The lowest BCUT2D eigenvalue weighted by atomic mass is 10.2. The van der Waals surface area contributed by atoms with Crippen LogP contribution in [0, 0.1) is 0 Å². The fourth-order valence-electron chi connectivity index (χ4n) is 1.54. The first-order valence-electron chi connectivity index (χ1n) is 5.07. The second kappa shape index (κ2) is 4.31. The second-order valence-corrected chi connectivity index (χ2v) is 3.44. The van der Waals surface area contributed by atoms with E-state index < -0.39 is 0 Å². The Morgan fingerprint density at radius 2 is 2.20 bits per heavy atom. The molecule has 0 aliphatic carbocycles. The summed E-state index contributed by atoms with van der Waals surface area (Å²) in [4.78, 5) is 0. The summed E-state index contributed by atoms with van der Waals surface area (Å²) in [5.41, 5.74) is 6.49. The van der Waals surface area contributed by atoms with Gasteiger partial charge >= 0.3 is 0 Å². The summed E-state index contributed by atoms with van der Waals surface area (Å²) in [7, 11) is 1.91. The number of rotatable bonds is 4. The van der Waals surface area contributed by atoms with Gasteiger partial charge in [0.1, 0.15) is 0 Å². The minimum Gasteiger partial charge on any atom is -0.476 e. The Hall–Kier alpha value is -1.55. The molecule has 0 aliphatic heterocycles. The predicted molar refractivity (Wildman–Crippen MR) is 59.9 cm³/mol. The van der Waals surface area contributed by atoms with Gasteiger partial charge < -0.3 is 10.5 Å². The molecule has 0 bridgehead atoms. The van der Waals surface area contributed by atoms with Gasteiger partial charge in [0.2, 0.25) is 5.88 Å². The third-order valence-corrected chi connectivity index (χ3v) is 2.31. The Morgan fingerprint density at radius 1 is 1.40 bits per heavy atom. The molecule has 0 amide bonds. The van der Waals surface area contributed by atoms with Crippen LogP contribution in [0.2, 0.25) is 0 Å². The van der Waals surface area contributed by atoms with Gasteiger partial charge in [-0.25, -0.2) is 0 Å². The van der Waals surface area contributed by atoms with E-state index in [2.05, 4.69) is 5.10 Å². The predicted octanol–water partition coefficient (Wildman–Crippen LogP) is 1.30. The van der Waals surface area contributed by atoms with Crippen LogP contribution < -0.4 is 10.5 Å². The van der Waals surface area contributed by atoms with Crippen molar-refractivity contribution in [2.24, 2.45) is 12.8 Å². The van der Waals surface area contributed by atoms with E-state index in [1.807, 2.05) is 36.0 Å². The summed E-state index contributed by atoms with van der Waals surface area (Å²) in [6.45, 7) is 1.27. The van der Waals surface area contributed by atoms with E-state index in [1.54, 1.807) is 0 Å². The highest BCUT2D eigenvalue weighted by Gasteiger charge is 2.07. The molecule has 2 N–H and O–H groups in total. The average molecular weight is 205 g/mol. The Bertz CT molecular complexity index is 450. The van der Waals surface area contributed by atoms with E-state index in [4.69, 9.17) is 10.5 Å². The lowest BCUT2D eigenvalue weighted by Crippen LogP contribution is -2.06. The SMILES string of the molecule is Cn1nc(OCCCN)c2ccccc21. The number of nitrogens with two attached hydrogens (primary N) is 1. The zero-order valence-electron chi connectivity index (χ0n) is 8.81. The molecule has 2 rings (SSSR count). The summed E-state index contributed by atoms with van der Waals surface area (Å²) in [6.07, 6.45) is 0.852. The van der Waals surface area contributed by atoms with Crippen molar-refractivity contribution in [3.05, 3.63) is 24.3 Å². The highest BCUT2D eigenvalue weighted by molar-refractivity contribution is 5.84. The first-order chi connectivity index (χ1) is 7.33. The lowest BCUT2D eigenvalue weighted by Gasteiger charge is -2.00. The van der Waals surface area contributed by atoms with Crippen LogP contribution >= 0.6 is 0 Å². The van der Waals surface area contributed by atoms with Crippen LogP contribution in [0.1, 0.15) is 6.42 Å². The fraction of sp³-hybridized carbons (Fsp3) is 0.364. The van der Waals surface area contributed by atoms with Crippen molar-refractivity contribution < 1.29 is 4.74 Å². The molecule has 0 aliphatic rings. The topological polar surface area (TPSA) is 53.1 Å². The van der Waals surface area contributed by atoms with Crippen LogP contribution in [-0.4, -0.2) is 22.9 Å². The minimum absolute atomic E-state index is 0.623. The van der Waals surface area contributed by atoms with Gasteiger partial charge in [-0.3, -0.25) is 4.68 Å². The molecule has 1 heterocycles. The molecule has 0 atom stereocenters. The van der Waals surface area contributed by atoms with E-state index in [-0.39, 0.29) is 0 Å². The Morgan fingerprint density at radius 3 is 3.00 bits per heavy atom. The summed E-state index contributed by atoms with van der Waals surface area (Å²) < 4.78 is 7.40. The molecular formula is C11H15N3O. The van der Waals surface area contributed by atoms with Crippen LogP contribution in [0.3, 0.4) is 0 Å². The number of benzene rings is 1. The van der Waals surface area contributed by atoms with Crippen LogP contribution in [0.5, 0.6) is 5.88 Å². The van der Waals surface area contributed by atoms with Gasteiger partial charge in [-0.1, -0.05) is 12.1 Å². The number of hydrogen-bond donors (Lipinski definition) is 1. The maximum atomic E-state index is 5.57. The van der Waals surface area contributed by atoms with Gasteiger partial charge in [0, 0.05) is 7.05 Å². The van der Waals surface area contributed by atoms with Crippen molar-refractivity contribution in [2.75, 3.05) is 13.2 Å². The number of nitrogens with zero attached hydrogens (tertiary/aromatic N) is 2. The molecule has 4 nitrogen and oxygen atoms in total. The number of aryl methyl sites for hydroxylation is 1. The minimum atomic E-state index is 0.623. The zero-order valence-corrected chi connectivity index (χ0v) is 8.81. The Kier molecular flexibility index (Phi) is 2.87. The highest BCUT2D eigenvalue weighted by Crippen LogP contribution is 2.23. The first kappa shape index (κ1) is 9.98. The van der Waals surface area contributed by atoms with Crippen LogP contribution in [0.15, 0.2) is 24.3 Å². The van der Waals surface area contributed by atoms with Crippen molar-refractivity contribution >= 4 is 10.9 Å². The van der Waals surface area contributed by atoms with Crippen LogP contribution in [-0.2, 0) is 7.05 Å². The quantitative estimate of drug-likeness (QED) is 0.765. The van der Waals surface area contributed by atoms with Crippen molar-refractivity contribution in [1.82, 2.24) is 9.78 Å².